The molecule has 0 radical (unpaired) electrons. The Kier molecular flexibility index (Phi) is 7.82. The monoisotopic (exact) mass is 468 g/mol. The van der Waals surface area contributed by atoms with Crippen LogP contribution in [0.4, 0.5) is 0 Å². The van der Waals surface area contributed by atoms with E-state index in [1.165, 1.54) is 11.1 Å². The lowest BCUT2D eigenvalue weighted by Gasteiger charge is -2.39. The zero-order valence-corrected chi connectivity index (χ0v) is 19.3. The van der Waals surface area contributed by atoms with Gasteiger partial charge in [-0.3, -0.25) is 9.69 Å². The van der Waals surface area contributed by atoms with Crippen LogP contribution >= 0.6 is 23.2 Å². The van der Waals surface area contributed by atoms with Crippen molar-refractivity contribution in [2.75, 3.05) is 32.8 Å². The molecule has 1 saturated heterocycles. The largest absolute Gasteiger partial charge is 0.367 e. The number of nitrogens with zero attached hydrogens (tertiary/aromatic N) is 2. The average molecular weight is 469 g/mol. The van der Waals surface area contributed by atoms with Crippen molar-refractivity contribution in [1.82, 2.24) is 9.80 Å². The van der Waals surface area contributed by atoms with E-state index in [0.29, 0.717) is 19.7 Å². The summed E-state index contributed by atoms with van der Waals surface area (Å²) in [6, 6.07) is 25.9. The fourth-order valence-corrected chi connectivity index (χ4v) is 4.31. The molecule has 0 aliphatic carbocycles. The molecule has 6 heteroatoms. The van der Waals surface area contributed by atoms with Gasteiger partial charge < -0.3 is 9.64 Å². The van der Waals surface area contributed by atoms with Crippen LogP contribution in [-0.4, -0.2) is 48.5 Å². The minimum absolute atomic E-state index is 0.0371. The van der Waals surface area contributed by atoms with Gasteiger partial charge in [-0.1, -0.05) is 77.8 Å². The number of piperazine rings is 1. The van der Waals surface area contributed by atoms with Crippen LogP contribution in [0.25, 0.3) is 0 Å². The molecule has 0 N–H and O–H groups in total. The number of rotatable bonds is 7. The number of halogens is 2. The summed E-state index contributed by atoms with van der Waals surface area (Å²) in [5, 5.41) is 1.43. The second kappa shape index (κ2) is 11.0. The molecule has 1 amide bonds. The van der Waals surface area contributed by atoms with Crippen molar-refractivity contribution in [2.45, 2.75) is 12.6 Å². The maximum atomic E-state index is 12.6. The van der Waals surface area contributed by atoms with Gasteiger partial charge in [-0.25, -0.2) is 0 Å². The SMILES string of the molecule is O=C(COCc1ccccc1)N1CCN(C(c2ccc(Cl)cc2)c2ccc(Cl)cc2)CC1. The van der Waals surface area contributed by atoms with Gasteiger partial charge in [0, 0.05) is 36.2 Å². The summed E-state index contributed by atoms with van der Waals surface area (Å²) in [6.07, 6.45) is 0. The third-order valence-electron chi connectivity index (χ3n) is 5.74. The highest BCUT2D eigenvalue weighted by molar-refractivity contribution is 6.30. The highest BCUT2D eigenvalue weighted by Gasteiger charge is 2.28. The maximum absolute atomic E-state index is 12.6. The summed E-state index contributed by atoms with van der Waals surface area (Å²) in [6.45, 7) is 3.45. The lowest BCUT2D eigenvalue weighted by Crippen LogP contribution is -2.50. The summed E-state index contributed by atoms with van der Waals surface area (Å²) >= 11 is 12.2. The third kappa shape index (κ3) is 5.90. The smallest absolute Gasteiger partial charge is 0.248 e. The first kappa shape index (κ1) is 22.8. The molecule has 0 unspecified atom stereocenters. The Bertz CT molecular complexity index is 957. The van der Waals surface area contributed by atoms with E-state index in [-0.39, 0.29) is 18.6 Å². The van der Waals surface area contributed by atoms with Crippen LogP contribution in [-0.2, 0) is 16.1 Å². The number of ether oxygens (including phenoxy) is 1. The number of carbonyl (C=O) groups excluding carboxylic acids is 1. The number of hydrogen-bond acceptors (Lipinski definition) is 3. The van der Waals surface area contributed by atoms with Crippen LogP contribution in [0.15, 0.2) is 78.9 Å². The molecular weight excluding hydrogens is 443 g/mol. The first-order chi connectivity index (χ1) is 15.6. The van der Waals surface area contributed by atoms with Crippen LogP contribution in [0.5, 0.6) is 0 Å². The highest BCUT2D eigenvalue weighted by atomic mass is 35.5. The quantitative estimate of drug-likeness (QED) is 0.462. The predicted molar refractivity (Wildman–Crippen MR) is 129 cm³/mol. The molecular formula is C26H26Cl2N2O2. The van der Waals surface area contributed by atoms with Gasteiger partial charge in [0.1, 0.15) is 6.61 Å². The summed E-state index contributed by atoms with van der Waals surface area (Å²) < 4.78 is 5.64. The molecule has 0 bridgehead atoms. The zero-order valence-electron chi connectivity index (χ0n) is 17.8. The van der Waals surface area contributed by atoms with Gasteiger partial charge in [-0.05, 0) is 41.0 Å². The molecule has 4 nitrogen and oxygen atoms in total. The molecule has 1 aliphatic rings. The van der Waals surface area contributed by atoms with Crippen molar-refractivity contribution < 1.29 is 9.53 Å². The van der Waals surface area contributed by atoms with E-state index < -0.39 is 0 Å². The van der Waals surface area contributed by atoms with Crippen LogP contribution in [0, 0.1) is 0 Å². The fourth-order valence-electron chi connectivity index (χ4n) is 4.06. The molecule has 4 rings (SSSR count). The van der Waals surface area contributed by atoms with Crippen LogP contribution in [0.3, 0.4) is 0 Å². The van der Waals surface area contributed by atoms with Gasteiger partial charge in [-0.2, -0.15) is 0 Å². The van der Waals surface area contributed by atoms with E-state index in [4.69, 9.17) is 27.9 Å². The standard InChI is InChI=1S/C26H26Cl2N2O2/c27-23-10-6-21(7-11-23)26(22-8-12-24(28)13-9-22)30-16-14-29(15-17-30)25(31)19-32-18-20-4-2-1-3-5-20/h1-13,26H,14-19H2. The Morgan fingerprint density at radius 2 is 1.31 bits per heavy atom. The minimum atomic E-state index is 0.0371. The molecule has 1 fully saturated rings. The first-order valence-electron chi connectivity index (χ1n) is 10.7. The Morgan fingerprint density at radius 3 is 1.84 bits per heavy atom. The van der Waals surface area contributed by atoms with Crippen molar-refractivity contribution in [3.8, 4) is 0 Å². The number of benzene rings is 3. The normalized spacial score (nSPS) is 14.7. The molecule has 0 aromatic heterocycles. The second-order valence-electron chi connectivity index (χ2n) is 7.90. The Morgan fingerprint density at radius 1 is 0.781 bits per heavy atom. The van der Waals surface area contributed by atoms with E-state index in [0.717, 1.165) is 28.7 Å². The van der Waals surface area contributed by atoms with Gasteiger partial charge in [-0.15, -0.1) is 0 Å². The Labute approximate surface area is 199 Å². The Hall–Kier alpha value is -2.37. The van der Waals surface area contributed by atoms with Gasteiger partial charge in [0.2, 0.25) is 5.91 Å². The first-order valence-corrected chi connectivity index (χ1v) is 11.5. The van der Waals surface area contributed by atoms with Crippen molar-refractivity contribution in [1.29, 1.82) is 0 Å². The maximum Gasteiger partial charge on any atom is 0.248 e. The molecule has 0 spiro atoms. The van der Waals surface area contributed by atoms with E-state index in [2.05, 4.69) is 29.2 Å². The van der Waals surface area contributed by atoms with Crippen LogP contribution in [0.2, 0.25) is 10.0 Å². The van der Waals surface area contributed by atoms with Crippen LogP contribution < -0.4 is 0 Å². The molecule has 166 valence electrons. The summed E-state index contributed by atoms with van der Waals surface area (Å²) in [5.41, 5.74) is 3.41. The topological polar surface area (TPSA) is 32.8 Å². The van der Waals surface area contributed by atoms with E-state index in [9.17, 15) is 4.79 Å². The number of hydrogen-bond donors (Lipinski definition) is 0. The lowest BCUT2D eigenvalue weighted by molar-refractivity contribution is -0.138. The molecule has 3 aromatic rings. The van der Waals surface area contributed by atoms with Crippen LogP contribution in [0.1, 0.15) is 22.7 Å². The fraction of sp³-hybridized carbons (Fsp3) is 0.269. The zero-order chi connectivity index (χ0) is 22.3. The predicted octanol–water partition coefficient (Wildman–Crippen LogP) is 5.44. The highest BCUT2D eigenvalue weighted by Crippen LogP contribution is 2.31. The van der Waals surface area contributed by atoms with Gasteiger partial charge in [0.25, 0.3) is 0 Å². The van der Waals surface area contributed by atoms with Crippen molar-refractivity contribution in [3.63, 3.8) is 0 Å². The third-order valence-corrected chi connectivity index (χ3v) is 6.24. The van der Waals surface area contributed by atoms with Crippen molar-refractivity contribution >= 4 is 29.1 Å². The number of amides is 1. The summed E-state index contributed by atoms with van der Waals surface area (Å²) in [4.78, 5) is 16.9. The molecule has 0 atom stereocenters. The minimum Gasteiger partial charge on any atom is -0.367 e. The lowest BCUT2D eigenvalue weighted by atomic mass is 9.96. The molecule has 1 heterocycles. The van der Waals surface area contributed by atoms with E-state index >= 15 is 0 Å². The molecule has 0 saturated carbocycles. The Balaban J connectivity index is 1.38. The van der Waals surface area contributed by atoms with Gasteiger partial charge in [0.05, 0.1) is 12.6 Å². The summed E-state index contributed by atoms with van der Waals surface area (Å²) in [5.74, 6) is 0.0371. The average Bonchev–Trinajstić information content (AvgIpc) is 2.83. The van der Waals surface area contributed by atoms with E-state index in [1.807, 2.05) is 59.5 Å². The van der Waals surface area contributed by atoms with E-state index in [1.54, 1.807) is 0 Å². The summed E-state index contributed by atoms with van der Waals surface area (Å²) in [7, 11) is 0. The molecule has 32 heavy (non-hydrogen) atoms. The van der Waals surface area contributed by atoms with Gasteiger partial charge >= 0.3 is 0 Å². The van der Waals surface area contributed by atoms with Gasteiger partial charge in [0.15, 0.2) is 0 Å². The molecule has 1 aliphatic heterocycles. The second-order valence-corrected chi connectivity index (χ2v) is 8.77. The number of carbonyl (C=O) groups is 1. The van der Waals surface area contributed by atoms with Crippen molar-refractivity contribution in [3.05, 3.63) is 106 Å². The van der Waals surface area contributed by atoms with Crippen molar-refractivity contribution in [2.24, 2.45) is 0 Å². The molecule has 3 aromatic carbocycles.